The van der Waals surface area contributed by atoms with Crippen molar-refractivity contribution in [2.24, 2.45) is 5.41 Å². The highest BCUT2D eigenvalue weighted by Crippen LogP contribution is 2.63. The molecule has 2 fully saturated rings. The van der Waals surface area contributed by atoms with Crippen LogP contribution in [-0.4, -0.2) is 26.4 Å². The molecule has 8 nitrogen and oxygen atoms in total. The molecule has 0 saturated carbocycles. The minimum Gasteiger partial charge on any atom is -0.401 e. The molecule has 2 saturated heterocycles. The maximum absolute atomic E-state index is 13.0. The molecule has 37 heavy (non-hydrogen) atoms. The van der Waals surface area contributed by atoms with Crippen molar-refractivity contribution in [3.63, 3.8) is 0 Å². The first kappa shape index (κ1) is 31.2. The van der Waals surface area contributed by atoms with Crippen LogP contribution >= 0.6 is 132 Å². The second kappa shape index (κ2) is 11.5. The predicted molar refractivity (Wildman–Crippen MR) is 146 cm³/mol. The molecule has 0 atom stereocenters. The van der Waals surface area contributed by atoms with E-state index in [2.05, 4.69) is 0 Å². The zero-order valence-electron chi connectivity index (χ0n) is 17.3. The summed E-state index contributed by atoms with van der Waals surface area (Å²) in [6.07, 6.45) is 0. The molecule has 20 heteroatoms. The number of halogens is 10. The van der Waals surface area contributed by atoms with E-state index in [1.807, 2.05) is 0 Å². The average Bonchev–Trinajstić information content (AvgIpc) is 2.88. The van der Waals surface area contributed by atoms with Gasteiger partial charge in [0.2, 0.25) is 0 Å². The molecule has 2 aliphatic heterocycles. The Morgan fingerprint density at radius 1 is 0.459 bits per heavy atom. The van der Waals surface area contributed by atoms with Crippen LogP contribution in [0.1, 0.15) is 0 Å². The fourth-order valence-electron chi connectivity index (χ4n) is 2.85. The van der Waals surface area contributed by atoms with Gasteiger partial charge < -0.3 is 9.05 Å². The molecule has 2 aliphatic rings. The predicted octanol–water partition coefficient (Wildman–Crippen LogP) is 11.0. The molecular weight excluding hydrogens is 749 g/mol. The van der Waals surface area contributed by atoms with E-state index in [-0.39, 0.29) is 88.2 Å². The van der Waals surface area contributed by atoms with Crippen LogP contribution in [0.4, 0.5) is 0 Å². The quantitative estimate of drug-likeness (QED) is 0.173. The molecule has 0 bridgehead atoms. The molecule has 0 aliphatic carbocycles. The van der Waals surface area contributed by atoms with Crippen molar-refractivity contribution in [2.75, 3.05) is 26.4 Å². The van der Waals surface area contributed by atoms with E-state index >= 15 is 0 Å². The number of phosphoric acid groups is 2. The second-order valence-corrected chi connectivity index (χ2v) is 14.4. The van der Waals surface area contributed by atoms with Crippen LogP contribution in [-0.2, 0) is 27.2 Å². The Morgan fingerprint density at radius 3 is 0.919 bits per heavy atom. The van der Waals surface area contributed by atoms with Gasteiger partial charge in [0.25, 0.3) is 0 Å². The average molecular weight is 757 g/mol. The van der Waals surface area contributed by atoms with Crippen molar-refractivity contribution in [3.05, 3.63) is 50.2 Å². The third kappa shape index (κ3) is 6.08. The molecule has 0 amide bonds. The maximum Gasteiger partial charge on any atom is 0.530 e. The summed E-state index contributed by atoms with van der Waals surface area (Å²) >= 11 is 60.3. The van der Waals surface area contributed by atoms with Crippen LogP contribution in [0.2, 0.25) is 50.2 Å². The van der Waals surface area contributed by atoms with Gasteiger partial charge in [-0.15, -0.1) is 0 Å². The molecule has 0 aromatic heterocycles. The molecule has 4 rings (SSSR count). The van der Waals surface area contributed by atoms with Crippen molar-refractivity contribution in [3.8, 4) is 11.5 Å². The van der Waals surface area contributed by atoms with Crippen LogP contribution in [0.25, 0.3) is 0 Å². The van der Waals surface area contributed by atoms with Gasteiger partial charge in [-0.2, -0.15) is 0 Å². The molecule has 204 valence electrons. The Bertz CT molecular complexity index is 1200. The third-order valence-corrected chi connectivity index (χ3v) is 11.9. The Hall–Kier alpha value is 1.24. The molecule has 0 unspecified atom stereocenters. The molecule has 2 aromatic carbocycles. The summed E-state index contributed by atoms with van der Waals surface area (Å²) in [5, 5.41) is -2.00. The van der Waals surface area contributed by atoms with Crippen molar-refractivity contribution in [1.82, 2.24) is 0 Å². The summed E-state index contributed by atoms with van der Waals surface area (Å²) in [5.74, 6) is -0.713. The lowest BCUT2D eigenvalue weighted by Gasteiger charge is -2.41. The van der Waals surface area contributed by atoms with Crippen LogP contribution in [0.15, 0.2) is 0 Å². The first-order valence-electron chi connectivity index (χ1n) is 9.33. The standard InChI is InChI=1S/C17H8Cl10O8P2/c18-5-7(20)11(24)15(12(25)8(5)21)34-36(28)30-1-17(2-31-36)3-32-37(29,33-4-17)35-16-13(26)9(22)6(19)10(23)14(16)27/h1-4H2. The minimum atomic E-state index is -4.27. The number of phosphoric ester groups is 2. The smallest absolute Gasteiger partial charge is 0.401 e. The van der Waals surface area contributed by atoms with Crippen molar-refractivity contribution >= 4 is 132 Å². The van der Waals surface area contributed by atoms with Gasteiger partial charge in [0.1, 0.15) is 20.1 Å². The number of rotatable bonds is 4. The molecule has 2 heterocycles. The van der Waals surface area contributed by atoms with Gasteiger partial charge in [-0.05, 0) is 0 Å². The zero-order valence-corrected chi connectivity index (χ0v) is 26.6. The molecule has 1 spiro atoms. The SMILES string of the molecule is O=P1(Oc2c(Cl)c(Cl)c(Cl)c(Cl)c2Cl)OCC2(CO1)COP(=O)(Oc1c(Cl)c(Cl)c(Cl)c(Cl)c1Cl)OC2. The topological polar surface area (TPSA) is 89.5 Å². The number of hydrogen-bond donors (Lipinski definition) is 0. The molecular formula is C17H8Cl10O8P2. The van der Waals surface area contributed by atoms with E-state index in [9.17, 15) is 9.13 Å². The third-order valence-electron chi connectivity index (χ3n) is 4.86. The summed E-state index contributed by atoms with van der Waals surface area (Å²) in [5.41, 5.74) is -1.06. The van der Waals surface area contributed by atoms with Gasteiger partial charge in [-0.1, -0.05) is 116 Å². The van der Waals surface area contributed by atoms with Crippen LogP contribution in [0.5, 0.6) is 11.5 Å². The Balaban J connectivity index is 1.45. The molecule has 2 aromatic rings. The monoisotopic (exact) mass is 752 g/mol. The van der Waals surface area contributed by atoms with Crippen LogP contribution in [0.3, 0.4) is 0 Å². The maximum atomic E-state index is 13.0. The first-order valence-corrected chi connectivity index (χ1v) is 16.0. The van der Waals surface area contributed by atoms with E-state index in [0.29, 0.717) is 0 Å². The van der Waals surface area contributed by atoms with Gasteiger partial charge in [0.05, 0.1) is 62.0 Å². The van der Waals surface area contributed by atoms with Gasteiger partial charge >= 0.3 is 15.6 Å². The molecule has 0 radical (unpaired) electrons. The zero-order chi connectivity index (χ0) is 27.5. The largest absolute Gasteiger partial charge is 0.530 e. The number of hydrogen-bond acceptors (Lipinski definition) is 8. The second-order valence-electron chi connectivity index (χ2n) is 7.47. The summed E-state index contributed by atoms with van der Waals surface area (Å²) in [6.45, 7) is -1.13. The molecule has 0 N–H and O–H groups in total. The highest BCUT2D eigenvalue weighted by Gasteiger charge is 2.52. The van der Waals surface area contributed by atoms with Crippen LogP contribution < -0.4 is 9.05 Å². The van der Waals surface area contributed by atoms with Gasteiger partial charge in [0.15, 0.2) is 11.5 Å². The first-order chi connectivity index (χ1) is 17.1. The Kier molecular flexibility index (Phi) is 9.68. The highest BCUT2D eigenvalue weighted by atomic mass is 35.5. The normalized spacial score (nSPS) is 27.9. The Labute approximate surface area is 259 Å². The summed E-state index contributed by atoms with van der Waals surface area (Å²) in [6, 6.07) is 0. The lowest BCUT2D eigenvalue weighted by Crippen LogP contribution is -2.46. The minimum absolute atomic E-state index is 0.123. The van der Waals surface area contributed by atoms with Crippen LogP contribution in [0, 0.1) is 5.41 Å². The fourth-order valence-corrected chi connectivity index (χ4v) is 8.36. The van der Waals surface area contributed by atoms with Crippen molar-refractivity contribution in [2.45, 2.75) is 0 Å². The highest BCUT2D eigenvalue weighted by molar-refractivity contribution is 7.49. The van der Waals surface area contributed by atoms with Crippen molar-refractivity contribution in [1.29, 1.82) is 0 Å². The van der Waals surface area contributed by atoms with E-state index in [4.69, 9.17) is 143 Å². The van der Waals surface area contributed by atoms with E-state index in [0.717, 1.165) is 0 Å². The number of benzene rings is 2. The van der Waals surface area contributed by atoms with Gasteiger partial charge in [0, 0.05) is 0 Å². The summed E-state index contributed by atoms with van der Waals surface area (Å²) in [7, 11) is -8.54. The van der Waals surface area contributed by atoms with E-state index < -0.39 is 21.1 Å². The Morgan fingerprint density at radius 2 is 0.676 bits per heavy atom. The van der Waals surface area contributed by atoms with Gasteiger partial charge in [-0.25, -0.2) is 9.13 Å². The van der Waals surface area contributed by atoms with Gasteiger partial charge in [-0.3, -0.25) is 18.1 Å². The summed E-state index contributed by atoms with van der Waals surface area (Å²) < 4.78 is 58.1. The fraction of sp³-hybridized carbons (Fsp3) is 0.294. The van der Waals surface area contributed by atoms with E-state index in [1.165, 1.54) is 0 Å². The van der Waals surface area contributed by atoms with E-state index in [1.54, 1.807) is 0 Å². The lowest BCUT2D eigenvalue weighted by atomic mass is 9.93. The van der Waals surface area contributed by atoms with Crippen molar-refractivity contribution < 1.29 is 36.3 Å². The summed E-state index contributed by atoms with van der Waals surface area (Å²) in [4.78, 5) is 0. The lowest BCUT2D eigenvalue weighted by molar-refractivity contribution is -0.0853.